The second-order valence-corrected chi connectivity index (χ2v) is 12.7. The van der Waals surface area contributed by atoms with Crippen LogP contribution in [0.1, 0.15) is 18.9 Å². The van der Waals surface area contributed by atoms with Crippen molar-refractivity contribution in [1.82, 2.24) is 14.9 Å². The summed E-state index contributed by atoms with van der Waals surface area (Å²) in [6.07, 6.45) is -0.677. The molecule has 41 heavy (non-hydrogen) atoms. The molecule has 1 amide bonds. The molecule has 0 aromatic heterocycles. The number of carbonyl (C=O) groups excluding carboxylic acids is 1. The van der Waals surface area contributed by atoms with Crippen LogP contribution in [0.5, 0.6) is 0 Å². The molecule has 1 aliphatic heterocycles. The Morgan fingerprint density at radius 2 is 1.80 bits per heavy atom. The van der Waals surface area contributed by atoms with Crippen LogP contribution in [-0.4, -0.2) is 81.1 Å². The average molecular weight is 655 g/mol. The summed E-state index contributed by atoms with van der Waals surface area (Å²) < 4.78 is 51.4. The molecule has 0 fully saturated rings. The van der Waals surface area contributed by atoms with Crippen molar-refractivity contribution >= 4 is 67.6 Å². The van der Waals surface area contributed by atoms with Crippen LogP contribution in [-0.2, 0) is 40.9 Å². The van der Waals surface area contributed by atoms with E-state index in [0.29, 0.717) is 6.42 Å². The molecule has 18 heteroatoms. The van der Waals surface area contributed by atoms with E-state index >= 15 is 0 Å². The van der Waals surface area contributed by atoms with Gasteiger partial charge < -0.3 is 20.4 Å². The molecule has 0 spiro atoms. The molecular formula is C23H29Cl2N5O9S2. The van der Waals surface area contributed by atoms with Crippen molar-refractivity contribution < 1.29 is 41.4 Å². The highest BCUT2D eigenvalue weighted by Gasteiger charge is 2.35. The van der Waals surface area contributed by atoms with Gasteiger partial charge in [-0.25, -0.2) is 22.0 Å². The number of rotatable bonds is 12. The van der Waals surface area contributed by atoms with E-state index in [1.165, 1.54) is 6.92 Å². The van der Waals surface area contributed by atoms with Crippen molar-refractivity contribution in [1.29, 1.82) is 0 Å². The maximum Gasteiger partial charge on any atom is 0.323 e. The summed E-state index contributed by atoms with van der Waals surface area (Å²) in [5, 5.41) is 29.2. The van der Waals surface area contributed by atoms with Gasteiger partial charge in [-0.05, 0) is 37.5 Å². The average Bonchev–Trinajstić information content (AvgIpc) is 2.84. The minimum absolute atomic E-state index is 0. The number of sulfonamides is 2. The Bertz CT molecular complexity index is 1510. The van der Waals surface area contributed by atoms with Gasteiger partial charge in [0.2, 0.25) is 26.0 Å². The van der Waals surface area contributed by atoms with Crippen LogP contribution in [0.4, 0.5) is 5.69 Å². The number of aryl methyl sites for hydroxylation is 1. The summed E-state index contributed by atoms with van der Waals surface area (Å²) in [6, 6.07) is 8.68. The standard InChI is InChI=1S/C23H28ClN5O9S2.ClH/c1-13(26-16(23(33)34)8-7-14-5-3-2-4-6-14)22(32)29(12-21(30)31)11-20-27-17-9-15(24)18(39(25,35)36)10-19(17)40(37,38)28-20;/h2-6,9-10,13,16,20,26-28H,7-8,11-12H2,1H3,(H,30,31)(H,33,34)(H2,25,35,36);1H/t13-,16?,20?;/m0./s1. The van der Waals surface area contributed by atoms with Gasteiger partial charge in [-0.2, -0.15) is 4.72 Å². The number of primary sulfonamides is 1. The molecule has 0 saturated heterocycles. The highest BCUT2D eigenvalue weighted by molar-refractivity contribution is 7.90. The number of hydrogen-bond acceptors (Lipinski definition) is 9. The monoisotopic (exact) mass is 653 g/mol. The molecule has 1 aliphatic rings. The molecule has 0 radical (unpaired) electrons. The fourth-order valence-corrected chi connectivity index (χ4v) is 6.62. The third kappa shape index (κ3) is 9.00. The predicted octanol–water partition coefficient (Wildman–Crippen LogP) is 0.416. The van der Waals surface area contributed by atoms with Crippen LogP contribution in [0.15, 0.2) is 52.3 Å². The first-order valence-corrected chi connectivity index (χ1v) is 15.2. The van der Waals surface area contributed by atoms with Crippen LogP contribution in [0.2, 0.25) is 5.02 Å². The Balaban J connectivity index is 0.00000588. The molecule has 0 aliphatic carbocycles. The lowest BCUT2D eigenvalue weighted by Crippen LogP contribution is -2.57. The van der Waals surface area contributed by atoms with Gasteiger partial charge in [0.25, 0.3) is 0 Å². The SMILES string of the molecule is C[C@H](NC(CCc1ccccc1)C(=O)O)C(=O)N(CC(=O)O)CC1Nc2cc(Cl)c(S(N)(=O)=O)cc2S(=O)(=O)N1.Cl. The minimum atomic E-state index is -4.34. The Labute approximate surface area is 247 Å². The molecule has 1 heterocycles. The number of benzene rings is 2. The van der Waals surface area contributed by atoms with Crippen molar-refractivity contribution in [3.8, 4) is 0 Å². The van der Waals surface area contributed by atoms with Crippen LogP contribution < -0.4 is 20.5 Å². The summed E-state index contributed by atoms with van der Waals surface area (Å²) in [4.78, 5) is 36.3. The quantitative estimate of drug-likeness (QED) is 0.184. The number of amides is 1. The summed E-state index contributed by atoms with van der Waals surface area (Å²) in [6.45, 7) is 0.0780. The van der Waals surface area contributed by atoms with Crippen molar-refractivity contribution in [2.45, 2.75) is 47.8 Å². The molecule has 226 valence electrons. The van der Waals surface area contributed by atoms with E-state index in [1.807, 2.05) is 30.3 Å². The largest absolute Gasteiger partial charge is 0.480 e. The van der Waals surface area contributed by atoms with Crippen molar-refractivity contribution in [2.75, 3.05) is 18.4 Å². The Hall–Kier alpha value is -2.99. The Kier molecular flexibility index (Phi) is 11.5. The summed E-state index contributed by atoms with van der Waals surface area (Å²) in [5.41, 5.74) is 0.802. The summed E-state index contributed by atoms with van der Waals surface area (Å²) in [7, 11) is -8.68. The zero-order valence-electron chi connectivity index (χ0n) is 21.5. The van der Waals surface area contributed by atoms with Gasteiger partial charge >= 0.3 is 11.9 Å². The molecular weight excluding hydrogens is 625 g/mol. The van der Waals surface area contributed by atoms with Gasteiger partial charge in [-0.3, -0.25) is 19.7 Å². The molecule has 7 N–H and O–H groups in total. The van der Waals surface area contributed by atoms with E-state index in [0.717, 1.165) is 22.6 Å². The first-order chi connectivity index (χ1) is 18.6. The number of nitrogens with zero attached hydrogens (tertiary/aromatic N) is 1. The molecule has 0 saturated carbocycles. The van der Waals surface area contributed by atoms with Gasteiger partial charge in [-0.1, -0.05) is 41.9 Å². The van der Waals surface area contributed by atoms with Gasteiger partial charge in [-0.15, -0.1) is 12.4 Å². The topological polar surface area (TPSA) is 225 Å². The number of nitrogens with one attached hydrogen (secondary N) is 3. The van der Waals surface area contributed by atoms with Crippen molar-refractivity contribution in [3.63, 3.8) is 0 Å². The first kappa shape index (κ1) is 34.2. The lowest BCUT2D eigenvalue weighted by molar-refractivity contribution is -0.146. The molecule has 2 aromatic carbocycles. The van der Waals surface area contributed by atoms with Crippen LogP contribution in [0, 0.1) is 0 Å². The lowest BCUT2D eigenvalue weighted by atomic mass is 10.0. The lowest BCUT2D eigenvalue weighted by Gasteiger charge is -2.33. The minimum Gasteiger partial charge on any atom is -0.480 e. The molecule has 2 unspecified atom stereocenters. The number of anilines is 1. The van der Waals surface area contributed by atoms with E-state index in [1.54, 1.807) is 0 Å². The highest BCUT2D eigenvalue weighted by Crippen LogP contribution is 2.33. The molecule has 0 bridgehead atoms. The summed E-state index contributed by atoms with van der Waals surface area (Å²) in [5.74, 6) is -3.38. The molecule has 2 aromatic rings. The number of halogens is 2. The van der Waals surface area contributed by atoms with Crippen LogP contribution >= 0.6 is 24.0 Å². The maximum absolute atomic E-state index is 13.2. The first-order valence-electron chi connectivity index (χ1n) is 11.8. The van der Waals surface area contributed by atoms with E-state index < -0.39 is 79.0 Å². The zero-order chi connectivity index (χ0) is 29.8. The predicted molar refractivity (Wildman–Crippen MR) is 151 cm³/mol. The third-order valence-electron chi connectivity index (χ3n) is 5.98. The van der Waals surface area contributed by atoms with E-state index in [2.05, 4.69) is 15.4 Å². The summed E-state index contributed by atoms with van der Waals surface area (Å²) >= 11 is 5.98. The number of carboxylic acid groups (broad SMARTS) is 2. The second-order valence-electron chi connectivity index (χ2n) is 9.06. The number of hydrogen-bond donors (Lipinski definition) is 6. The van der Waals surface area contributed by atoms with Gasteiger partial charge in [0.1, 0.15) is 28.5 Å². The van der Waals surface area contributed by atoms with Crippen molar-refractivity contribution in [2.24, 2.45) is 5.14 Å². The van der Waals surface area contributed by atoms with Crippen LogP contribution in [0.3, 0.4) is 0 Å². The van der Waals surface area contributed by atoms with E-state index in [-0.39, 0.29) is 29.5 Å². The highest BCUT2D eigenvalue weighted by atomic mass is 35.5. The smallest absolute Gasteiger partial charge is 0.323 e. The normalized spacial score (nSPS) is 17.2. The Morgan fingerprint density at radius 3 is 2.37 bits per heavy atom. The number of aliphatic carboxylic acids is 2. The molecule has 3 atom stereocenters. The van der Waals surface area contributed by atoms with Gasteiger partial charge in [0.15, 0.2) is 0 Å². The van der Waals surface area contributed by atoms with Gasteiger partial charge in [0, 0.05) is 0 Å². The third-order valence-corrected chi connectivity index (χ3v) is 8.87. The zero-order valence-corrected chi connectivity index (χ0v) is 24.7. The number of nitrogens with two attached hydrogens (primary N) is 1. The number of carbonyl (C=O) groups is 3. The number of carboxylic acids is 2. The fourth-order valence-electron chi connectivity index (χ4n) is 4.14. The second kappa shape index (κ2) is 13.8. The van der Waals surface area contributed by atoms with E-state index in [4.69, 9.17) is 16.7 Å². The molecule has 3 rings (SSSR count). The Morgan fingerprint density at radius 1 is 1.17 bits per heavy atom. The number of fused-ring (bicyclic) bond motifs is 1. The van der Waals surface area contributed by atoms with Crippen LogP contribution in [0.25, 0.3) is 0 Å². The molecule has 14 nitrogen and oxygen atoms in total. The van der Waals surface area contributed by atoms with Crippen molar-refractivity contribution in [3.05, 3.63) is 53.1 Å². The van der Waals surface area contributed by atoms with Gasteiger partial charge in [0.05, 0.1) is 23.3 Å². The fraction of sp³-hybridized carbons (Fsp3) is 0.348. The maximum atomic E-state index is 13.2. The van der Waals surface area contributed by atoms with E-state index in [9.17, 15) is 41.4 Å².